The van der Waals surface area contributed by atoms with Crippen LogP contribution in [0, 0.1) is 0 Å². The van der Waals surface area contributed by atoms with Crippen LogP contribution in [-0.2, 0) is 0 Å². The van der Waals surface area contributed by atoms with Gasteiger partial charge in [0.2, 0.25) is 5.95 Å². The third kappa shape index (κ3) is 3.10. The number of hydrogen-bond acceptors (Lipinski definition) is 5. The maximum Gasteiger partial charge on any atom is 0.262 e. The number of rotatable bonds is 4. The molecular formula is C17H14F2N6. The molecule has 0 fully saturated rings. The fourth-order valence-electron chi connectivity index (χ4n) is 2.62. The molecule has 0 aliphatic rings. The average molecular weight is 340 g/mol. The smallest absolute Gasteiger partial charge is 0.262 e. The summed E-state index contributed by atoms with van der Waals surface area (Å²) >= 11 is 0. The molecule has 0 radical (unpaired) electrons. The maximum atomic E-state index is 12.9. The summed E-state index contributed by atoms with van der Waals surface area (Å²) in [6.45, 7) is 0.325. The molecule has 3 aromatic heterocycles. The molecule has 0 spiro atoms. The highest BCUT2D eigenvalue weighted by molar-refractivity contribution is 5.96. The largest absolute Gasteiger partial charge is 0.348 e. The lowest BCUT2D eigenvalue weighted by molar-refractivity contribution is 0.0366. The fraction of sp³-hybridized carbons (Fsp3) is 0.176. The van der Waals surface area contributed by atoms with Gasteiger partial charge in [-0.3, -0.25) is 0 Å². The lowest BCUT2D eigenvalue weighted by atomic mass is 10.0. The van der Waals surface area contributed by atoms with E-state index in [1.807, 2.05) is 24.4 Å². The van der Waals surface area contributed by atoms with Gasteiger partial charge in [0.25, 0.3) is 5.92 Å². The van der Waals surface area contributed by atoms with Crippen LogP contribution in [0.4, 0.5) is 14.7 Å². The van der Waals surface area contributed by atoms with Gasteiger partial charge >= 0.3 is 0 Å². The second-order valence-electron chi connectivity index (χ2n) is 5.88. The third-order valence-corrected chi connectivity index (χ3v) is 3.80. The summed E-state index contributed by atoms with van der Waals surface area (Å²) in [5.41, 5.74) is 3.34. The van der Waals surface area contributed by atoms with E-state index in [0.29, 0.717) is 5.65 Å². The number of halogens is 2. The molecule has 4 aromatic rings. The number of hydrogen-bond donors (Lipinski definition) is 2. The van der Waals surface area contributed by atoms with E-state index >= 15 is 0 Å². The Kier molecular flexibility index (Phi) is 3.52. The standard InChI is InChI=1S/C17H14F2N6/c1-17(18,19)8-23-16-22-7-13-12(6-21-15(13)25-16)10-2-3-14-11(4-10)5-20-9-24-14/h2-7,9H,8H2,1H3,(H2,21,22,23,25). The third-order valence-electron chi connectivity index (χ3n) is 3.80. The van der Waals surface area contributed by atoms with Crippen molar-refractivity contribution in [2.75, 3.05) is 11.9 Å². The number of fused-ring (bicyclic) bond motifs is 2. The van der Waals surface area contributed by atoms with Crippen molar-refractivity contribution in [2.24, 2.45) is 0 Å². The first-order valence-electron chi connectivity index (χ1n) is 7.66. The van der Waals surface area contributed by atoms with E-state index in [1.165, 1.54) is 6.33 Å². The normalized spacial score (nSPS) is 12.0. The molecular weight excluding hydrogens is 326 g/mol. The molecule has 25 heavy (non-hydrogen) atoms. The highest BCUT2D eigenvalue weighted by atomic mass is 19.3. The molecule has 1 aromatic carbocycles. The molecule has 0 aliphatic carbocycles. The average Bonchev–Trinajstić information content (AvgIpc) is 3.02. The van der Waals surface area contributed by atoms with Crippen LogP contribution in [0.1, 0.15) is 6.92 Å². The summed E-state index contributed by atoms with van der Waals surface area (Å²) in [7, 11) is 0. The molecule has 126 valence electrons. The van der Waals surface area contributed by atoms with E-state index in [-0.39, 0.29) is 5.95 Å². The maximum absolute atomic E-state index is 12.9. The Morgan fingerprint density at radius 3 is 2.92 bits per heavy atom. The van der Waals surface area contributed by atoms with Crippen molar-refractivity contribution in [1.82, 2.24) is 24.9 Å². The Balaban J connectivity index is 1.70. The first-order valence-corrected chi connectivity index (χ1v) is 7.66. The summed E-state index contributed by atoms with van der Waals surface area (Å²) in [5, 5.41) is 4.28. The number of benzene rings is 1. The van der Waals surface area contributed by atoms with Gasteiger partial charge in [0.05, 0.1) is 12.1 Å². The Labute approximate surface area is 141 Å². The van der Waals surface area contributed by atoms with Gasteiger partial charge in [-0.25, -0.2) is 23.7 Å². The minimum absolute atomic E-state index is 0.161. The van der Waals surface area contributed by atoms with E-state index in [4.69, 9.17) is 0 Å². The highest BCUT2D eigenvalue weighted by Gasteiger charge is 2.21. The van der Waals surface area contributed by atoms with Gasteiger partial charge in [-0.1, -0.05) is 6.07 Å². The van der Waals surface area contributed by atoms with Crippen molar-refractivity contribution in [3.05, 3.63) is 43.1 Å². The summed E-state index contributed by atoms with van der Waals surface area (Å²) in [5.74, 6) is -2.67. The lowest BCUT2D eigenvalue weighted by Crippen LogP contribution is -2.23. The van der Waals surface area contributed by atoms with Crippen molar-refractivity contribution in [3.8, 4) is 11.1 Å². The summed E-state index contributed by atoms with van der Waals surface area (Å²) in [4.78, 5) is 19.7. The van der Waals surface area contributed by atoms with E-state index in [2.05, 4.69) is 30.2 Å². The van der Waals surface area contributed by atoms with Crippen molar-refractivity contribution in [1.29, 1.82) is 0 Å². The number of alkyl halides is 2. The zero-order valence-corrected chi connectivity index (χ0v) is 13.3. The molecule has 4 rings (SSSR count). The topological polar surface area (TPSA) is 79.4 Å². The molecule has 0 saturated heterocycles. The van der Waals surface area contributed by atoms with E-state index < -0.39 is 12.5 Å². The molecule has 2 N–H and O–H groups in total. The molecule has 0 amide bonds. The number of aromatic amines is 1. The monoisotopic (exact) mass is 340 g/mol. The molecule has 8 heteroatoms. The van der Waals surface area contributed by atoms with Gasteiger partial charge < -0.3 is 10.3 Å². The summed E-state index contributed by atoms with van der Waals surface area (Å²) < 4.78 is 25.9. The molecule has 0 bridgehead atoms. The van der Waals surface area contributed by atoms with E-state index in [0.717, 1.165) is 34.3 Å². The van der Waals surface area contributed by atoms with Gasteiger partial charge in [-0.15, -0.1) is 0 Å². The van der Waals surface area contributed by atoms with Crippen molar-refractivity contribution < 1.29 is 8.78 Å². The molecule has 0 atom stereocenters. The highest BCUT2D eigenvalue weighted by Crippen LogP contribution is 2.29. The van der Waals surface area contributed by atoms with Crippen LogP contribution in [-0.4, -0.2) is 37.4 Å². The van der Waals surface area contributed by atoms with Crippen LogP contribution < -0.4 is 5.32 Å². The number of aromatic nitrogens is 5. The summed E-state index contributed by atoms with van der Waals surface area (Å²) in [6.07, 6.45) is 6.71. The second kappa shape index (κ2) is 5.73. The van der Waals surface area contributed by atoms with Crippen molar-refractivity contribution in [3.63, 3.8) is 0 Å². The molecule has 6 nitrogen and oxygen atoms in total. The van der Waals surface area contributed by atoms with Gasteiger partial charge in [-0.05, 0) is 17.7 Å². The zero-order chi connectivity index (χ0) is 17.4. The quantitative estimate of drug-likeness (QED) is 0.593. The van der Waals surface area contributed by atoms with Crippen molar-refractivity contribution >= 4 is 27.9 Å². The van der Waals surface area contributed by atoms with Crippen molar-refractivity contribution in [2.45, 2.75) is 12.8 Å². The number of H-pyrrole nitrogens is 1. The van der Waals surface area contributed by atoms with Gasteiger partial charge in [0.1, 0.15) is 12.0 Å². The first-order chi connectivity index (χ1) is 12.0. The summed E-state index contributed by atoms with van der Waals surface area (Å²) in [6, 6.07) is 5.87. The molecule has 0 unspecified atom stereocenters. The van der Waals surface area contributed by atoms with E-state index in [1.54, 1.807) is 12.4 Å². The molecule has 0 aliphatic heterocycles. The van der Waals surface area contributed by atoms with E-state index in [9.17, 15) is 8.78 Å². The van der Waals surface area contributed by atoms with Crippen LogP contribution in [0.3, 0.4) is 0 Å². The Morgan fingerprint density at radius 1 is 1.20 bits per heavy atom. The number of nitrogens with one attached hydrogen (secondary N) is 2. The predicted molar refractivity (Wildman–Crippen MR) is 91.5 cm³/mol. The predicted octanol–water partition coefficient (Wildman–Crippen LogP) is 3.64. The number of anilines is 1. The van der Waals surface area contributed by atoms with Crippen LogP contribution >= 0.6 is 0 Å². The minimum atomic E-state index is -2.83. The Morgan fingerprint density at radius 2 is 2.08 bits per heavy atom. The minimum Gasteiger partial charge on any atom is -0.348 e. The lowest BCUT2D eigenvalue weighted by Gasteiger charge is -2.10. The number of nitrogens with zero attached hydrogens (tertiary/aromatic N) is 4. The zero-order valence-electron chi connectivity index (χ0n) is 13.3. The van der Waals surface area contributed by atoms with Gasteiger partial charge in [0, 0.05) is 41.9 Å². The van der Waals surface area contributed by atoms with Gasteiger partial charge in [-0.2, -0.15) is 4.98 Å². The van der Waals surface area contributed by atoms with Gasteiger partial charge in [0.15, 0.2) is 0 Å². The van der Waals surface area contributed by atoms with Crippen LogP contribution in [0.15, 0.2) is 43.1 Å². The van der Waals surface area contributed by atoms with Crippen LogP contribution in [0.5, 0.6) is 0 Å². The fourth-order valence-corrected chi connectivity index (χ4v) is 2.62. The first kappa shape index (κ1) is 15.4. The SMILES string of the molecule is CC(F)(F)CNc1ncc2c(-c3ccc4ncncc4c3)c[nH]c2n1. The second-order valence-corrected chi connectivity index (χ2v) is 5.88. The van der Waals surface area contributed by atoms with Crippen LogP contribution in [0.25, 0.3) is 33.1 Å². The molecule has 3 heterocycles. The Hall–Kier alpha value is -3.16. The molecule has 0 saturated carbocycles. The van der Waals surface area contributed by atoms with Crippen LogP contribution in [0.2, 0.25) is 0 Å². The Bertz CT molecular complexity index is 1050.